The van der Waals surface area contributed by atoms with Crippen molar-refractivity contribution in [3.8, 4) is 0 Å². The second-order valence-corrected chi connectivity index (χ2v) is 6.89. The number of hydrogen-bond donors (Lipinski definition) is 1. The normalized spacial score (nSPS) is 19.9. The first kappa shape index (κ1) is 14.2. The van der Waals surface area contributed by atoms with Gasteiger partial charge in [0.1, 0.15) is 0 Å². The van der Waals surface area contributed by atoms with Gasteiger partial charge in [-0.05, 0) is 62.1 Å². The van der Waals surface area contributed by atoms with Crippen molar-refractivity contribution in [1.82, 2.24) is 0 Å². The van der Waals surface area contributed by atoms with Crippen LogP contribution in [0.4, 0.5) is 5.69 Å². The summed E-state index contributed by atoms with van der Waals surface area (Å²) < 4.78 is 0. The van der Waals surface area contributed by atoms with E-state index in [-0.39, 0.29) is 6.04 Å². The average Bonchev–Trinajstić information content (AvgIpc) is 3.29. The average molecular weight is 293 g/mol. The molecule has 0 aromatic heterocycles. The molecular formula is C17H25ClN2. The second kappa shape index (κ2) is 5.95. The summed E-state index contributed by atoms with van der Waals surface area (Å²) in [7, 11) is 0. The Morgan fingerprint density at radius 3 is 2.60 bits per heavy atom. The van der Waals surface area contributed by atoms with Crippen molar-refractivity contribution >= 4 is 17.3 Å². The standard InChI is InChI=1S/C17H25ClN2/c1-2-14(19)9-13-5-8-17(16(18)10-13)20(15-6-7-15)11-12-3-4-12/h5,8,10,12,14-15H,2-4,6-7,9,11,19H2,1H3. The highest BCUT2D eigenvalue weighted by Crippen LogP contribution is 2.40. The third-order valence-corrected chi connectivity index (χ3v) is 4.79. The van der Waals surface area contributed by atoms with Crippen LogP contribution in [0.25, 0.3) is 0 Å². The maximum Gasteiger partial charge on any atom is 0.0642 e. The maximum atomic E-state index is 6.54. The Balaban J connectivity index is 1.74. The third-order valence-electron chi connectivity index (χ3n) is 4.48. The van der Waals surface area contributed by atoms with Crippen LogP contribution in [0.5, 0.6) is 0 Å². The summed E-state index contributed by atoms with van der Waals surface area (Å²) in [5, 5.41) is 0.901. The summed E-state index contributed by atoms with van der Waals surface area (Å²) >= 11 is 6.54. The Morgan fingerprint density at radius 1 is 1.30 bits per heavy atom. The van der Waals surface area contributed by atoms with Crippen molar-refractivity contribution in [2.24, 2.45) is 11.7 Å². The van der Waals surface area contributed by atoms with Gasteiger partial charge < -0.3 is 10.6 Å². The number of nitrogens with two attached hydrogens (primary N) is 1. The number of halogens is 1. The van der Waals surface area contributed by atoms with Gasteiger partial charge in [-0.1, -0.05) is 24.6 Å². The predicted molar refractivity (Wildman–Crippen MR) is 86.5 cm³/mol. The van der Waals surface area contributed by atoms with Crippen molar-refractivity contribution in [3.05, 3.63) is 28.8 Å². The van der Waals surface area contributed by atoms with Crippen LogP contribution >= 0.6 is 11.6 Å². The van der Waals surface area contributed by atoms with Gasteiger partial charge in [-0.3, -0.25) is 0 Å². The third kappa shape index (κ3) is 3.48. The van der Waals surface area contributed by atoms with Crippen LogP contribution in [0.3, 0.4) is 0 Å². The van der Waals surface area contributed by atoms with Crippen LogP contribution in [-0.4, -0.2) is 18.6 Å². The molecule has 110 valence electrons. The minimum atomic E-state index is 0.239. The van der Waals surface area contributed by atoms with Crippen LogP contribution in [0.2, 0.25) is 5.02 Å². The molecule has 2 aliphatic carbocycles. The zero-order valence-corrected chi connectivity index (χ0v) is 13.1. The van der Waals surface area contributed by atoms with Crippen LogP contribution in [0.1, 0.15) is 44.6 Å². The monoisotopic (exact) mass is 292 g/mol. The van der Waals surface area contributed by atoms with Gasteiger partial charge in [0.15, 0.2) is 0 Å². The van der Waals surface area contributed by atoms with E-state index in [0.717, 1.165) is 29.8 Å². The van der Waals surface area contributed by atoms with Crippen molar-refractivity contribution in [1.29, 1.82) is 0 Å². The Labute approximate surface area is 127 Å². The molecule has 2 fully saturated rings. The molecule has 0 radical (unpaired) electrons. The first-order valence-corrected chi connectivity index (χ1v) is 8.35. The lowest BCUT2D eigenvalue weighted by molar-refractivity contribution is 0.646. The van der Waals surface area contributed by atoms with E-state index in [1.54, 1.807) is 0 Å². The van der Waals surface area contributed by atoms with Crippen molar-refractivity contribution in [2.75, 3.05) is 11.4 Å². The highest BCUT2D eigenvalue weighted by molar-refractivity contribution is 6.33. The molecule has 0 aliphatic heterocycles. The van der Waals surface area contributed by atoms with Gasteiger partial charge in [0, 0.05) is 18.6 Å². The van der Waals surface area contributed by atoms with Crippen molar-refractivity contribution < 1.29 is 0 Å². The van der Waals surface area contributed by atoms with Gasteiger partial charge in [-0.25, -0.2) is 0 Å². The Kier molecular flexibility index (Phi) is 4.23. The van der Waals surface area contributed by atoms with E-state index >= 15 is 0 Å². The lowest BCUT2D eigenvalue weighted by Crippen LogP contribution is -2.28. The fraction of sp³-hybridized carbons (Fsp3) is 0.647. The Bertz CT molecular complexity index is 466. The van der Waals surface area contributed by atoms with Crippen molar-refractivity contribution in [2.45, 2.75) is 57.5 Å². The molecule has 0 spiro atoms. The van der Waals surface area contributed by atoms with Gasteiger partial charge in [0.25, 0.3) is 0 Å². The summed E-state index contributed by atoms with van der Waals surface area (Å²) in [5.74, 6) is 0.903. The fourth-order valence-electron chi connectivity index (χ4n) is 2.77. The largest absolute Gasteiger partial charge is 0.367 e. The minimum Gasteiger partial charge on any atom is -0.367 e. The molecule has 0 bridgehead atoms. The summed E-state index contributed by atoms with van der Waals surface area (Å²) in [6.45, 7) is 3.32. The lowest BCUT2D eigenvalue weighted by atomic mass is 10.0. The van der Waals surface area contributed by atoms with Crippen LogP contribution in [0, 0.1) is 5.92 Å². The topological polar surface area (TPSA) is 29.3 Å². The molecular weight excluding hydrogens is 268 g/mol. The van der Waals surface area contributed by atoms with Gasteiger partial charge in [0.2, 0.25) is 0 Å². The summed E-state index contributed by atoms with van der Waals surface area (Å²) in [5.41, 5.74) is 8.52. The molecule has 1 aromatic carbocycles. The molecule has 2 nitrogen and oxygen atoms in total. The number of benzene rings is 1. The Hall–Kier alpha value is -0.730. The maximum absolute atomic E-state index is 6.54. The zero-order chi connectivity index (χ0) is 14.1. The van der Waals surface area contributed by atoms with E-state index in [2.05, 4.69) is 30.0 Å². The summed E-state index contributed by atoms with van der Waals surface area (Å²) in [6.07, 6.45) is 7.36. The molecule has 3 heteroatoms. The van der Waals surface area contributed by atoms with E-state index in [0.29, 0.717) is 0 Å². The van der Waals surface area contributed by atoms with E-state index in [9.17, 15) is 0 Å². The van der Waals surface area contributed by atoms with Gasteiger partial charge >= 0.3 is 0 Å². The molecule has 1 unspecified atom stereocenters. The zero-order valence-electron chi connectivity index (χ0n) is 12.3. The molecule has 1 aromatic rings. The predicted octanol–water partition coefficient (Wildman–Crippen LogP) is 4.00. The van der Waals surface area contributed by atoms with E-state index in [1.807, 2.05) is 0 Å². The molecule has 2 saturated carbocycles. The van der Waals surface area contributed by atoms with Crippen molar-refractivity contribution in [3.63, 3.8) is 0 Å². The van der Waals surface area contributed by atoms with E-state index in [4.69, 9.17) is 17.3 Å². The number of hydrogen-bond acceptors (Lipinski definition) is 2. The molecule has 3 rings (SSSR count). The minimum absolute atomic E-state index is 0.239. The molecule has 2 aliphatic rings. The molecule has 0 heterocycles. The van der Waals surface area contributed by atoms with Gasteiger partial charge in [-0.2, -0.15) is 0 Å². The Morgan fingerprint density at radius 2 is 2.05 bits per heavy atom. The summed E-state index contributed by atoms with van der Waals surface area (Å²) in [4.78, 5) is 2.55. The highest BCUT2D eigenvalue weighted by atomic mass is 35.5. The first-order valence-electron chi connectivity index (χ1n) is 7.98. The SMILES string of the molecule is CCC(N)Cc1ccc(N(CC2CC2)C2CC2)c(Cl)c1. The van der Waals surface area contributed by atoms with E-state index in [1.165, 1.54) is 43.5 Å². The molecule has 20 heavy (non-hydrogen) atoms. The number of anilines is 1. The fourth-order valence-corrected chi connectivity index (χ4v) is 3.08. The first-order chi connectivity index (χ1) is 9.67. The molecule has 1 atom stereocenters. The highest BCUT2D eigenvalue weighted by Gasteiger charge is 2.34. The second-order valence-electron chi connectivity index (χ2n) is 6.49. The summed E-state index contributed by atoms with van der Waals surface area (Å²) in [6, 6.07) is 7.51. The number of rotatable bonds is 7. The smallest absolute Gasteiger partial charge is 0.0642 e. The lowest BCUT2D eigenvalue weighted by Gasteiger charge is -2.26. The van der Waals surface area contributed by atoms with Crippen LogP contribution < -0.4 is 10.6 Å². The molecule has 0 amide bonds. The van der Waals surface area contributed by atoms with Crippen LogP contribution in [0.15, 0.2) is 18.2 Å². The molecule has 2 N–H and O–H groups in total. The number of nitrogens with zero attached hydrogens (tertiary/aromatic N) is 1. The van der Waals surface area contributed by atoms with E-state index < -0.39 is 0 Å². The van der Waals surface area contributed by atoms with Crippen LogP contribution in [-0.2, 0) is 6.42 Å². The van der Waals surface area contributed by atoms with Gasteiger partial charge in [-0.15, -0.1) is 0 Å². The molecule has 0 saturated heterocycles. The quantitative estimate of drug-likeness (QED) is 0.823. The van der Waals surface area contributed by atoms with Gasteiger partial charge in [0.05, 0.1) is 10.7 Å².